The summed E-state index contributed by atoms with van der Waals surface area (Å²) >= 11 is 1.51. The van der Waals surface area contributed by atoms with Crippen LogP contribution in [0.2, 0.25) is 0 Å². The third kappa shape index (κ3) is 5.27. The number of thiophene rings is 1. The van der Waals surface area contributed by atoms with E-state index in [1.54, 1.807) is 0 Å². The van der Waals surface area contributed by atoms with Gasteiger partial charge in [0.05, 0.1) is 25.8 Å². The molecule has 1 N–H and O–H groups in total. The van der Waals surface area contributed by atoms with Gasteiger partial charge in [-0.25, -0.2) is 4.79 Å². The number of nitrogens with zero attached hydrogens (tertiary/aromatic N) is 3. The number of piperazine rings is 1. The number of methoxy groups -OCH3 is 1. The van der Waals surface area contributed by atoms with Crippen molar-refractivity contribution in [1.29, 1.82) is 0 Å². The second-order valence-corrected chi connectivity index (χ2v) is 9.70. The third-order valence-electron chi connectivity index (χ3n) is 6.46. The molecule has 1 aliphatic carbocycles. The van der Waals surface area contributed by atoms with Crippen LogP contribution in [0.4, 0.5) is 5.00 Å². The van der Waals surface area contributed by atoms with Crippen LogP contribution in [0.3, 0.4) is 0 Å². The molecule has 2 aliphatic heterocycles. The molecule has 1 aromatic rings. The quantitative estimate of drug-likeness (QED) is 0.666. The van der Waals surface area contributed by atoms with Gasteiger partial charge in [-0.15, -0.1) is 11.3 Å². The number of aryl methyl sites for hydroxylation is 1. The number of rotatable bonds is 6. The Bertz CT molecular complexity index is 826. The van der Waals surface area contributed by atoms with E-state index in [2.05, 4.69) is 15.1 Å². The van der Waals surface area contributed by atoms with Crippen molar-refractivity contribution >= 4 is 34.1 Å². The zero-order chi connectivity index (χ0) is 21.8. The summed E-state index contributed by atoms with van der Waals surface area (Å²) in [5.74, 6) is -0.253. The minimum absolute atomic E-state index is 0.106. The summed E-state index contributed by atoms with van der Waals surface area (Å²) in [6.45, 7) is 5.62. The summed E-state index contributed by atoms with van der Waals surface area (Å²) in [6.07, 6.45) is 6.22. The monoisotopic (exact) mass is 448 g/mol. The molecule has 0 spiro atoms. The van der Waals surface area contributed by atoms with E-state index in [0.717, 1.165) is 83.4 Å². The van der Waals surface area contributed by atoms with Crippen LogP contribution in [0.15, 0.2) is 0 Å². The average molecular weight is 449 g/mol. The van der Waals surface area contributed by atoms with Gasteiger partial charge in [0.15, 0.2) is 0 Å². The van der Waals surface area contributed by atoms with Crippen molar-refractivity contribution in [2.45, 2.75) is 38.5 Å². The molecule has 2 amide bonds. The predicted octanol–water partition coefficient (Wildman–Crippen LogP) is 1.59. The molecule has 9 heteroatoms. The third-order valence-corrected chi connectivity index (χ3v) is 7.67. The summed E-state index contributed by atoms with van der Waals surface area (Å²) in [7, 11) is 1.38. The summed E-state index contributed by atoms with van der Waals surface area (Å²) in [5.41, 5.74) is 1.59. The van der Waals surface area contributed by atoms with Gasteiger partial charge < -0.3 is 15.0 Å². The molecule has 0 radical (unpaired) electrons. The lowest BCUT2D eigenvalue weighted by molar-refractivity contribution is -0.132. The molecule has 0 bridgehead atoms. The molecule has 4 rings (SSSR count). The molecule has 170 valence electrons. The zero-order valence-corrected chi connectivity index (χ0v) is 19.1. The molecule has 0 atom stereocenters. The van der Waals surface area contributed by atoms with Gasteiger partial charge in [-0.1, -0.05) is 0 Å². The van der Waals surface area contributed by atoms with E-state index in [1.807, 2.05) is 4.90 Å². The molecule has 2 fully saturated rings. The SMILES string of the molecule is COC(=O)c1c(NC(=O)CN2CCN(CC(=O)N3CCCC3)CC2)sc2c1CCCC2. The van der Waals surface area contributed by atoms with Crippen molar-refractivity contribution in [3.8, 4) is 0 Å². The highest BCUT2D eigenvalue weighted by molar-refractivity contribution is 7.17. The van der Waals surface area contributed by atoms with Gasteiger partial charge >= 0.3 is 5.97 Å². The smallest absolute Gasteiger partial charge is 0.341 e. The molecule has 2 saturated heterocycles. The Hall–Kier alpha value is -1.97. The largest absolute Gasteiger partial charge is 0.465 e. The first kappa shape index (κ1) is 22.2. The zero-order valence-electron chi connectivity index (χ0n) is 18.3. The number of amides is 2. The maximum Gasteiger partial charge on any atom is 0.341 e. The van der Waals surface area contributed by atoms with Gasteiger partial charge in [0.1, 0.15) is 5.00 Å². The van der Waals surface area contributed by atoms with Gasteiger partial charge in [-0.3, -0.25) is 19.4 Å². The van der Waals surface area contributed by atoms with Gasteiger partial charge in [0, 0.05) is 44.1 Å². The number of likely N-dealkylation sites (tertiary alicyclic amines) is 1. The second kappa shape index (κ2) is 10.1. The fourth-order valence-electron chi connectivity index (χ4n) is 4.70. The van der Waals surface area contributed by atoms with Crippen molar-refractivity contribution in [3.63, 3.8) is 0 Å². The van der Waals surface area contributed by atoms with Gasteiger partial charge in [0.25, 0.3) is 0 Å². The maximum atomic E-state index is 12.7. The summed E-state index contributed by atoms with van der Waals surface area (Å²) in [6, 6.07) is 0. The first-order valence-corrected chi connectivity index (χ1v) is 12.1. The Morgan fingerprint density at radius 1 is 0.903 bits per heavy atom. The van der Waals surface area contributed by atoms with E-state index in [9.17, 15) is 14.4 Å². The molecule has 3 aliphatic rings. The Labute approximate surface area is 187 Å². The minimum atomic E-state index is -0.369. The normalized spacial score (nSPS) is 19.8. The standard InChI is InChI=1S/C22H32N4O4S/c1-30-22(29)20-16-6-2-3-7-17(16)31-21(20)23-18(27)14-24-10-12-25(13-11-24)15-19(28)26-8-4-5-9-26/h2-15H2,1H3,(H,23,27). The molecule has 0 saturated carbocycles. The fourth-order valence-corrected chi connectivity index (χ4v) is 6.00. The molecule has 0 aromatic carbocycles. The summed E-state index contributed by atoms with van der Waals surface area (Å²) < 4.78 is 4.98. The molecule has 8 nitrogen and oxygen atoms in total. The van der Waals surface area contributed by atoms with Crippen molar-refractivity contribution in [3.05, 3.63) is 16.0 Å². The molecular weight excluding hydrogens is 416 g/mol. The van der Waals surface area contributed by atoms with Crippen LogP contribution in [-0.4, -0.2) is 92.0 Å². The van der Waals surface area contributed by atoms with Crippen molar-refractivity contribution < 1.29 is 19.1 Å². The van der Waals surface area contributed by atoms with Gasteiger partial charge in [-0.2, -0.15) is 0 Å². The highest BCUT2D eigenvalue weighted by atomic mass is 32.1. The summed E-state index contributed by atoms with van der Waals surface area (Å²) in [5, 5.41) is 3.60. The van der Waals surface area contributed by atoms with Crippen LogP contribution in [0.1, 0.15) is 46.5 Å². The van der Waals surface area contributed by atoms with Crippen LogP contribution in [-0.2, 0) is 27.2 Å². The van der Waals surface area contributed by atoms with E-state index >= 15 is 0 Å². The van der Waals surface area contributed by atoms with Crippen molar-refractivity contribution in [2.24, 2.45) is 0 Å². The number of fused-ring (bicyclic) bond motifs is 1. The van der Waals surface area contributed by atoms with Crippen LogP contribution in [0.5, 0.6) is 0 Å². The molecular formula is C22H32N4O4S. The average Bonchev–Trinajstić information content (AvgIpc) is 3.42. The summed E-state index contributed by atoms with van der Waals surface area (Å²) in [4.78, 5) is 44.8. The van der Waals surface area contributed by atoms with Gasteiger partial charge in [0.2, 0.25) is 11.8 Å². The highest BCUT2D eigenvalue weighted by Gasteiger charge is 2.28. The van der Waals surface area contributed by atoms with Gasteiger partial charge in [-0.05, 0) is 44.1 Å². The fraction of sp³-hybridized carbons (Fsp3) is 0.682. The predicted molar refractivity (Wildman–Crippen MR) is 120 cm³/mol. The first-order chi connectivity index (χ1) is 15.0. The lowest BCUT2D eigenvalue weighted by atomic mass is 9.95. The first-order valence-electron chi connectivity index (χ1n) is 11.3. The Balaban J connectivity index is 1.28. The Morgan fingerprint density at radius 2 is 1.55 bits per heavy atom. The number of esters is 1. The number of nitrogens with one attached hydrogen (secondary N) is 1. The highest BCUT2D eigenvalue weighted by Crippen LogP contribution is 2.38. The molecule has 1 aromatic heterocycles. The number of hydrogen-bond donors (Lipinski definition) is 1. The second-order valence-electron chi connectivity index (χ2n) is 8.59. The Morgan fingerprint density at radius 3 is 2.23 bits per heavy atom. The van der Waals surface area contributed by atoms with Crippen LogP contribution < -0.4 is 5.32 Å². The van der Waals surface area contributed by atoms with Crippen LogP contribution >= 0.6 is 11.3 Å². The molecule has 0 unspecified atom stereocenters. The number of anilines is 1. The molecule has 3 heterocycles. The van der Waals surface area contributed by atoms with E-state index in [0.29, 0.717) is 17.1 Å². The number of carbonyl (C=O) groups is 3. The van der Waals surface area contributed by atoms with E-state index in [-0.39, 0.29) is 24.3 Å². The van der Waals surface area contributed by atoms with Crippen molar-refractivity contribution in [2.75, 3.05) is 64.8 Å². The van der Waals surface area contributed by atoms with E-state index < -0.39 is 0 Å². The maximum absolute atomic E-state index is 12.7. The number of hydrogen-bond acceptors (Lipinski definition) is 7. The molecule has 31 heavy (non-hydrogen) atoms. The van der Waals surface area contributed by atoms with E-state index in [4.69, 9.17) is 4.74 Å². The lowest BCUT2D eigenvalue weighted by Gasteiger charge is -2.34. The Kier molecular flexibility index (Phi) is 7.24. The number of carbonyl (C=O) groups excluding carboxylic acids is 3. The van der Waals surface area contributed by atoms with Crippen molar-refractivity contribution in [1.82, 2.24) is 14.7 Å². The number of ether oxygens (including phenoxy) is 1. The van der Waals surface area contributed by atoms with E-state index in [1.165, 1.54) is 23.3 Å². The minimum Gasteiger partial charge on any atom is -0.465 e. The van der Waals surface area contributed by atoms with Crippen LogP contribution in [0, 0.1) is 0 Å². The van der Waals surface area contributed by atoms with Crippen LogP contribution in [0.25, 0.3) is 0 Å². The lowest BCUT2D eigenvalue weighted by Crippen LogP contribution is -2.51. The topological polar surface area (TPSA) is 82.2 Å².